The Kier molecular flexibility index (Phi) is 9.87. The summed E-state index contributed by atoms with van der Waals surface area (Å²) in [6.07, 6.45) is 4.27. The third kappa shape index (κ3) is 7.31. The Labute approximate surface area is 138 Å². The summed E-state index contributed by atoms with van der Waals surface area (Å²) in [4.78, 5) is 23.7. The van der Waals surface area contributed by atoms with Crippen LogP contribution < -0.4 is 0 Å². The lowest BCUT2D eigenvalue weighted by Gasteiger charge is -2.22. The van der Waals surface area contributed by atoms with Gasteiger partial charge in [-0.3, -0.25) is 9.59 Å². The van der Waals surface area contributed by atoms with Gasteiger partial charge in [0.15, 0.2) is 12.2 Å². The summed E-state index contributed by atoms with van der Waals surface area (Å²) in [5.74, 6) is -0.642. The van der Waals surface area contributed by atoms with Crippen molar-refractivity contribution in [3.05, 3.63) is 0 Å². The van der Waals surface area contributed by atoms with Crippen LogP contribution >= 0.6 is 0 Å². The van der Waals surface area contributed by atoms with Crippen molar-refractivity contribution in [2.75, 3.05) is 13.2 Å². The number of aliphatic hydroxyl groups is 1. The number of rotatable bonds is 11. The van der Waals surface area contributed by atoms with Crippen molar-refractivity contribution in [3.63, 3.8) is 0 Å². The zero-order chi connectivity index (χ0) is 17.1. The Hall–Kier alpha value is -1.14. The molecule has 0 radical (unpaired) electrons. The van der Waals surface area contributed by atoms with E-state index in [1.54, 1.807) is 0 Å². The molecule has 1 aliphatic rings. The van der Waals surface area contributed by atoms with Gasteiger partial charge in [0.25, 0.3) is 0 Å². The molecular formula is C17H30O6. The van der Waals surface area contributed by atoms with Crippen molar-refractivity contribution in [2.24, 2.45) is 0 Å². The lowest BCUT2D eigenvalue weighted by Crippen LogP contribution is -2.39. The number of ether oxygens (including phenoxy) is 3. The second-order valence-electron chi connectivity index (χ2n) is 5.95. The average molecular weight is 330 g/mol. The molecular weight excluding hydrogens is 300 g/mol. The van der Waals surface area contributed by atoms with Gasteiger partial charge in [-0.15, -0.1) is 0 Å². The molecule has 0 spiro atoms. The Morgan fingerprint density at radius 2 is 1.57 bits per heavy atom. The molecule has 1 heterocycles. The van der Waals surface area contributed by atoms with Gasteiger partial charge < -0.3 is 19.3 Å². The fraction of sp³-hybridized carbons (Fsp3) is 0.882. The van der Waals surface area contributed by atoms with Crippen LogP contribution in [-0.4, -0.2) is 48.6 Å². The molecule has 0 unspecified atom stereocenters. The molecule has 1 fully saturated rings. The Bertz CT molecular complexity index is 357. The first-order valence-electron chi connectivity index (χ1n) is 8.73. The van der Waals surface area contributed by atoms with Crippen molar-refractivity contribution >= 4 is 11.9 Å². The van der Waals surface area contributed by atoms with E-state index in [0.29, 0.717) is 12.8 Å². The van der Waals surface area contributed by atoms with Gasteiger partial charge in [-0.05, 0) is 12.8 Å². The van der Waals surface area contributed by atoms with E-state index in [9.17, 15) is 14.7 Å². The fourth-order valence-electron chi connectivity index (χ4n) is 2.53. The molecule has 0 aliphatic carbocycles. The third-order valence-corrected chi connectivity index (χ3v) is 3.91. The SMILES string of the molecule is CCCCCC(=O)O[C@@H]1[C@H](CO)OC[C@H]1OC(=O)CCCCC. The van der Waals surface area contributed by atoms with E-state index < -0.39 is 18.3 Å². The molecule has 23 heavy (non-hydrogen) atoms. The van der Waals surface area contributed by atoms with Crippen LogP contribution in [0.25, 0.3) is 0 Å². The van der Waals surface area contributed by atoms with Gasteiger partial charge in [0.05, 0.1) is 13.2 Å². The number of aliphatic hydroxyl groups excluding tert-OH is 1. The highest BCUT2D eigenvalue weighted by Crippen LogP contribution is 2.22. The maximum atomic E-state index is 11.9. The fourth-order valence-corrected chi connectivity index (χ4v) is 2.53. The predicted molar refractivity (Wildman–Crippen MR) is 84.9 cm³/mol. The minimum atomic E-state index is -0.718. The smallest absolute Gasteiger partial charge is 0.306 e. The maximum absolute atomic E-state index is 11.9. The first kappa shape index (κ1) is 19.9. The van der Waals surface area contributed by atoms with Crippen molar-refractivity contribution in [3.8, 4) is 0 Å². The molecule has 0 aromatic carbocycles. The zero-order valence-electron chi connectivity index (χ0n) is 14.3. The summed E-state index contributed by atoms with van der Waals surface area (Å²) < 4.78 is 16.2. The molecule has 6 heteroatoms. The average Bonchev–Trinajstić information content (AvgIpc) is 2.89. The van der Waals surface area contributed by atoms with E-state index in [-0.39, 0.29) is 25.2 Å². The van der Waals surface area contributed by atoms with E-state index in [2.05, 4.69) is 13.8 Å². The van der Waals surface area contributed by atoms with Gasteiger partial charge in [-0.1, -0.05) is 39.5 Å². The highest BCUT2D eigenvalue weighted by atomic mass is 16.6. The van der Waals surface area contributed by atoms with Gasteiger partial charge in [-0.2, -0.15) is 0 Å². The van der Waals surface area contributed by atoms with Crippen molar-refractivity contribution in [2.45, 2.75) is 83.5 Å². The molecule has 0 saturated carbocycles. The van der Waals surface area contributed by atoms with Crippen LogP contribution in [0.5, 0.6) is 0 Å². The number of unbranched alkanes of at least 4 members (excludes halogenated alkanes) is 4. The van der Waals surface area contributed by atoms with Crippen LogP contribution in [0.15, 0.2) is 0 Å². The zero-order valence-corrected chi connectivity index (χ0v) is 14.3. The Morgan fingerprint density at radius 3 is 2.09 bits per heavy atom. The van der Waals surface area contributed by atoms with Gasteiger partial charge in [-0.25, -0.2) is 0 Å². The molecule has 134 valence electrons. The van der Waals surface area contributed by atoms with Crippen molar-refractivity contribution < 1.29 is 28.9 Å². The molecule has 3 atom stereocenters. The lowest BCUT2D eigenvalue weighted by molar-refractivity contribution is -0.166. The largest absolute Gasteiger partial charge is 0.456 e. The van der Waals surface area contributed by atoms with Crippen LogP contribution in [0.4, 0.5) is 0 Å². The molecule has 1 aliphatic heterocycles. The van der Waals surface area contributed by atoms with Crippen LogP contribution in [0.2, 0.25) is 0 Å². The van der Waals surface area contributed by atoms with Crippen LogP contribution in [0.3, 0.4) is 0 Å². The predicted octanol–water partition coefficient (Wildman–Crippen LogP) is 2.36. The molecule has 0 amide bonds. The number of esters is 2. The molecule has 0 aromatic heterocycles. The summed E-state index contributed by atoms with van der Waals surface area (Å²) in [6.45, 7) is 4.01. The molecule has 0 bridgehead atoms. The number of carbonyl (C=O) groups excluding carboxylic acids is 2. The van der Waals surface area contributed by atoms with E-state index in [0.717, 1.165) is 38.5 Å². The first-order valence-corrected chi connectivity index (χ1v) is 8.73. The second-order valence-corrected chi connectivity index (χ2v) is 5.95. The van der Waals surface area contributed by atoms with Gasteiger partial charge in [0.1, 0.15) is 6.10 Å². The summed E-state index contributed by atoms with van der Waals surface area (Å²) >= 11 is 0. The molecule has 1 saturated heterocycles. The topological polar surface area (TPSA) is 82.1 Å². The number of hydrogen-bond donors (Lipinski definition) is 1. The summed E-state index contributed by atoms with van der Waals surface area (Å²) in [7, 11) is 0. The van der Waals surface area contributed by atoms with Gasteiger partial charge in [0, 0.05) is 12.8 Å². The van der Waals surface area contributed by atoms with Crippen LogP contribution in [0.1, 0.15) is 65.2 Å². The van der Waals surface area contributed by atoms with Crippen molar-refractivity contribution in [1.29, 1.82) is 0 Å². The maximum Gasteiger partial charge on any atom is 0.306 e. The minimum absolute atomic E-state index is 0.150. The quantitative estimate of drug-likeness (QED) is 0.462. The normalized spacial score (nSPS) is 23.7. The van der Waals surface area contributed by atoms with Crippen molar-refractivity contribution in [1.82, 2.24) is 0 Å². The second kappa shape index (κ2) is 11.4. The molecule has 1 N–H and O–H groups in total. The lowest BCUT2D eigenvalue weighted by atomic mass is 10.1. The van der Waals surface area contributed by atoms with E-state index in [1.165, 1.54) is 0 Å². The minimum Gasteiger partial charge on any atom is -0.456 e. The summed E-state index contributed by atoms with van der Waals surface area (Å²) in [5.41, 5.74) is 0. The van der Waals surface area contributed by atoms with Gasteiger partial charge >= 0.3 is 11.9 Å². The highest BCUT2D eigenvalue weighted by molar-refractivity contribution is 5.70. The Morgan fingerprint density at radius 1 is 1.00 bits per heavy atom. The Balaban J connectivity index is 2.46. The number of carbonyl (C=O) groups is 2. The van der Waals surface area contributed by atoms with Gasteiger partial charge in [0.2, 0.25) is 0 Å². The molecule has 6 nitrogen and oxygen atoms in total. The molecule has 1 rings (SSSR count). The highest BCUT2D eigenvalue weighted by Gasteiger charge is 2.42. The van der Waals surface area contributed by atoms with Crippen LogP contribution in [0, 0.1) is 0 Å². The summed E-state index contributed by atoms with van der Waals surface area (Å²) in [6, 6.07) is 0. The molecule has 0 aromatic rings. The number of hydrogen-bond acceptors (Lipinski definition) is 6. The standard InChI is InChI=1S/C17H30O6/c1-3-5-7-9-15(19)22-14-12-21-13(11-18)17(14)23-16(20)10-8-6-4-2/h13-14,17-18H,3-12H2,1-2H3/t13-,14+,17+/m0/s1. The van der Waals surface area contributed by atoms with E-state index >= 15 is 0 Å². The monoisotopic (exact) mass is 330 g/mol. The third-order valence-electron chi connectivity index (χ3n) is 3.91. The summed E-state index contributed by atoms with van der Waals surface area (Å²) in [5, 5.41) is 9.33. The van der Waals surface area contributed by atoms with E-state index in [4.69, 9.17) is 14.2 Å². The van der Waals surface area contributed by atoms with Crippen LogP contribution in [-0.2, 0) is 23.8 Å². The van der Waals surface area contributed by atoms with E-state index in [1.807, 2.05) is 0 Å². The first-order chi connectivity index (χ1) is 11.1.